The van der Waals surface area contributed by atoms with Crippen molar-refractivity contribution >= 4 is 6.09 Å². The minimum atomic E-state index is -0.473. The maximum absolute atomic E-state index is 11.7. The Kier molecular flexibility index (Phi) is 9.69. The van der Waals surface area contributed by atoms with E-state index in [9.17, 15) is 4.79 Å². The van der Waals surface area contributed by atoms with E-state index in [0.717, 1.165) is 13.0 Å². The van der Waals surface area contributed by atoms with Crippen molar-refractivity contribution < 1.29 is 14.6 Å². The number of aliphatic hydroxyl groups is 1. The number of nitrogens with one attached hydrogen (secondary N) is 2. The molecule has 0 spiro atoms. The Morgan fingerprint density at radius 2 is 1.68 bits per heavy atom. The summed E-state index contributed by atoms with van der Waals surface area (Å²) in [4.78, 5) is 11.7. The number of carbonyl (C=O) groups is 1. The molecule has 0 aliphatic heterocycles. The van der Waals surface area contributed by atoms with E-state index in [1.807, 2.05) is 20.8 Å². The van der Waals surface area contributed by atoms with E-state index >= 15 is 0 Å². The van der Waals surface area contributed by atoms with Gasteiger partial charge in [0.05, 0.1) is 0 Å². The number of ether oxygens (including phenoxy) is 1. The van der Waals surface area contributed by atoms with Gasteiger partial charge in [0, 0.05) is 25.7 Å². The van der Waals surface area contributed by atoms with Crippen molar-refractivity contribution in [3.8, 4) is 0 Å². The molecule has 5 nitrogen and oxygen atoms in total. The summed E-state index contributed by atoms with van der Waals surface area (Å²) < 4.78 is 5.27. The third kappa shape index (κ3) is 10.0. The van der Waals surface area contributed by atoms with Crippen molar-refractivity contribution in [3.63, 3.8) is 0 Å². The minimum absolute atomic E-state index is 0.193. The second kappa shape index (κ2) is 10.1. The monoisotopic (exact) mass is 316 g/mol. The summed E-state index contributed by atoms with van der Waals surface area (Å²) in [5, 5.41) is 15.5. The van der Waals surface area contributed by atoms with Gasteiger partial charge in [0.15, 0.2) is 0 Å². The zero-order chi connectivity index (χ0) is 17.3. The molecule has 0 aromatic heterocycles. The summed E-state index contributed by atoms with van der Waals surface area (Å²) in [6.07, 6.45) is 0.385. The summed E-state index contributed by atoms with van der Waals surface area (Å²) in [5.74, 6) is 1.25. The van der Waals surface area contributed by atoms with Crippen molar-refractivity contribution in [2.75, 3.05) is 19.7 Å². The highest BCUT2D eigenvalue weighted by Crippen LogP contribution is 2.12. The number of rotatable bonds is 9. The highest BCUT2D eigenvalue weighted by atomic mass is 16.6. The molecular formula is C17H36N2O3. The fraction of sp³-hybridized carbons (Fsp3) is 0.941. The SMILES string of the molecule is CC(C)C(CNC(=O)OC(C)(C)C)CNC(CCO)C(C)C. The van der Waals surface area contributed by atoms with Crippen LogP contribution in [0.1, 0.15) is 54.9 Å². The molecule has 0 aromatic carbocycles. The van der Waals surface area contributed by atoms with Crippen molar-refractivity contribution in [2.24, 2.45) is 17.8 Å². The third-order valence-electron chi connectivity index (χ3n) is 3.74. The Morgan fingerprint density at radius 1 is 1.09 bits per heavy atom. The standard InChI is InChI=1S/C17H36N2O3/c1-12(2)14(10-18-15(8-9-20)13(3)4)11-19-16(21)22-17(5,6)7/h12-15,18,20H,8-11H2,1-7H3,(H,19,21). The molecule has 0 saturated heterocycles. The molecule has 2 unspecified atom stereocenters. The first-order chi connectivity index (χ1) is 10.1. The second-order valence-corrected chi connectivity index (χ2v) is 7.66. The summed E-state index contributed by atoms with van der Waals surface area (Å²) in [5.41, 5.74) is -0.473. The van der Waals surface area contributed by atoms with Crippen molar-refractivity contribution in [3.05, 3.63) is 0 Å². The largest absolute Gasteiger partial charge is 0.444 e. The fourth-order valence-corrected chi connectivity index (χ4v) is 2.19. The van der Waals surface area contributed by atoms with Gasteiger partial charge in [-0.15, -0.1) is 0 Å². The first-order valence-corrected chi connectivity index (χ1v) is 8.38. The van der Waals surface area contributed by atoms with E-state index in [1.165, 1.54) is 0 Å². The van der Waals surface area contributed by atoms with E-state index in [0.29, 0.717) is 30.3 Å². The van der Waals surface area contributed by atoms with Gasteiger partial charge in [0.2, 0.25) is 0 Å². The predicted molar refractivity (Wildman–Crippen MR) is 90.9 cm³/mol. The number of aliphatic hydroxyl groups excluding tert-OH is 1. The molecule has 0 saturated carbocycles. The maximum Gasteiger partial charge on any atom is 0.407 e. The molecule has 0 fully saturated rings. The van der Waals surface area contributed by atoms with Crippen molar-refractivity contribution in [1.82, 2.24) is 10.6 Å². The van der Waals surface area contributed by atoms with Gasteiger partial charge in [-0.2, -0.15) is 0 Å². The first kappa shape index (κ1) is 21.2. The van der Waals surface area contributed by atoms with Gasteiger partial charge in [0.1, 0.15) is 5.60 Å². The van der Waals surface area contributed by atoms with Gasteiger partial charge in [-0.3, -0.25) is 0 Å². The number of carbonyl (C=O) groups excluding carboxylic acids is 1. The second-order valence-electron chi connectivity index (χ2n) is 7.66. The summed E-state index contributed by atoms with van der Waals surface area (Å²) in [7, 11) is 0. The fourth-order valence-electron chi connectivity index (χ4n) is 2.19. The van der Waals surface area contributed by atoms with Crippen molar-refractivity contribution in [2.45, 2.75) is 66.5 Å². The normalized spacial score (nSPS) is 15.0. The van der Waals surface area contributed by atoms with Gasteiger partial charge in [-0.1, -0.05) is 27.7 Å². The Labute approximate surface area is 136 Å². The van der Waals surface area contributed by atoms with Crippen LogP contribution in [0.4, 0.5) is 4.79 Å². The molecule has 5 heteroatoms. The average Bonchev–Trinajstić information content (AvgIpc) is 2.34. The molecule has 132 valence electrons. The van der Waals surface area contributed by atoms with Crippen LogP contribution in [0.3, 0.4) is 0 Å². The zero-order valence-corrected chi connectivity index (χ0v) is 15.4. The quantitative estimate of drug-likeness (QED) is 0.612. The molecule has 0 aliphatic rings. The van der Waals surface area contributed by atoms with Gasteiger partial charge in [-0.25, -0.2) is 4.79 Å². The summed E-state index contributed by atoms with van der Waals surface area (Å²) >= 11 is 0. The van der Waals surface area contributed by atoms with E-state index in [-0.39, 0.29) is 12.7 Å². The highest BCUT2D eigenvalue weighted by molar-refractivity contribution is 5.67. The molecule has 0 rings (SSSR count). The molecule has 0 heterocycles. The van der Waals surface area contributed by atoms with Crippen LogP contribution in [0.2, 0.25) is 0 Å². The molecule has 1 amide bonds. The predicted octanol–water partition coefficient (Wildman–Crippen LogP) is 2.78. The number of hydrogen-bond donors (Lipinski definition) is 3. The Balaban J connectivity index is 4.34. The van der Waals surface area contributed by atoms with Gasteiger partial charge in [-0.05, 0) is 44.9 Å². The Hall–Kier alpha value is -0.810. The van der Waals surface area contributed by atoms with E-state index in [1.54, 1.807) is 0 Å². The van der Waals surface area contributed by atoms with Gasteiger partial charge < -0.3 is 20.5 Å². The molecule has 0 bridgehead atoms. The lowest BCUT2D eigenvalue weighted by Crippen LogP contribution is -2.43. The number of alkyl carbamates (subject to hydrolysis) is 1. The van der Waals surface area contributed by atoms with Crippen LogP contribution in [0, 0.1) is 17.8 Å². The molecule has 2 atom stereocenters. The summed E-state index contributed by atoms with van der Waals surface area (Å²) in [6.45, 7) is 15.8. The first-order valence-electron chi connectivity index (χ1n) is 8.38. The van der Waals surface area contributed by atoms with Crippen LogP contribution < -0.4 is 10.6 Å². The lowest BCUT2D eigenvalue weighted by atomic mass is 9.94. The van der Waals surface area contributed by atoms with Gasteiger partial charge >= 0.3 is 6.09 Å². The molecule has 0 aliphatic carbocycles. The topological polar surface area (TPSA) is 70.6 Å². The molecule has 22 heavy (non-hydrogen) atoms. The number of hydrogen-bond acceptors (Lipinski definition) is 4. The van der Waals surface area contributed by atoms with Gasteiger partial charge in [0.25, 0.3) is 0 Å². The Morgan fingerprint density at radius 3 is 2.09 bits per heavy atom. The molecule has 3 N–H and O–H groups in total. The molecule has 0 radical (unpaired) electrons. The summed E-state index contributed by atoms with van der Waals surface area (Å²) in [6, 6.07) is 0.299. The average molecular weight is 316 g/mol. The van der Waals surface area contributed by atoms with Crippen molar-refractivity contribution in [1.29, 1.82) is 0 Å². The van der Waals surface area contributed by atoms with E-state index in [4.69, 9.17) is 9.84 Å². The van der Waals surface area contributed by atoms with Crippen LogP contribution in [0.5, 0.6) is 0 Å². The zero-order valence-electron chi connectivity index (χ0n) is 15.4. The minimum Gasteiger partial charge on any atom is -0.444 e. The van der Waals surface area contributed by atoms with Crippen LogP contribution in [-0.2, 0) is 4.74 Å². The maximum atomic E-state index is 11.7. The van der Waals surface area contributed by atoms with Crippen LogP contribution >= 0.6 is 0 Å². The van der Waals surface area contributed by atoms with Crippen LogP contribution in [0.25, 0.3) is 0 Å². The Bertz CT molecular complexity index is 312. The van der Waals surface area contributed by atoms with E-state index in [2.05, 4.69) is 38.3 Å². The smallest absolute Gasteiger partial charge is 0.407 e. The highest BCUT2D eigenvalue weighted by Gasteiger charge is 2.20. The van der Waals surface area contributed by atoms with E-state index < -0.39 is 5.60 Å². The lowest BCUT2D eigenvalue weighted by Gasteiger charge is -2.28. The lowest BCUT2D eigenvalue weighted by molar-refractivity contribution is 0.0514. The molecule has 0 aromatic rings. The molecular weight excluding hydrogens is 280 g/mol. The number of amides is 1. The van der Waals surface area contributed by atoms with Crippen LogP contribution in [-0.4, -0.2) is 42.5 Å². The third-order valence-corrected chi connectivity index (χ3v) is 3.74. The van der Waals surface area contributed by atoms with Crippen LogP contribution in [0.15, 0.2) is 0 Å².